The smallest absolute Gasteiger partial charge is 0.0735 e. The minimum Gasteiger partial charge on any atom is -0.391 e. The zero-order chi connectivity index (χ0) is 9.52. The summed E-state index contributed by atoms with van der Waals surface area (Å²) in [5.74, 6) is 0.919. The number of thioether (sulfide) groups is 1. The van der Waals surface area contributed by atoms with E-state index in [-0.39, 0.29) is 6.61 Å². The fraction of sp³-hybridized carbons (Fsp3) is 0.200. The largest absolute Gasteiger partial charge is 0.391 e. The molecule has 0 heterocycles. The van der Waals surface area contributed by atoms with Gasteiger partial charge < -0.3 is 5.11 Å². The van der Waals surface area contributed by atoms with Crippen LogP contribution in [0.2, 0.25) is 0 Å². The summed E-state index contributed by atoms with van der Waals surface area (Å²) in [6, 6.07) is 10.2. The zero-order valence-corrected chi connectivity index (χ0v) is 10.1. The highest BCUT2D eigenvalue weighted by atomic mass is 127. The van der Waals surface area contributed by atoms with Crippen LogP contribution in [0, 0.1) is 0 Å². The molecule has 0 fully saturated rings. The fourth-order valence-electron chi connectivity index (χ4n) is 0.810. The van der Waals surface area contributed by atoms with E-state index < -0.39 is 0 Å². The Morgan fingerprint density at radius 2 is 2.08 bits per heavy atom. The van der Waals surface area contributed by atoms with Crippen LogP contribution in [0.15, 0.2) is 44.9 Å². The summed E-state index contributed by atoms with van der Waals surface area (Å²) in [5.41, 5.74) is 0. The maximum atomic E-state index is 8.75. The molecular formula is C10H11IOS. The monoisotopic (exact) mass is 306 g/mol. The fourth-order valence-corrected chi connectivity index (χ4v) is 2.16. The van der Waals surface area contributed by atoms with Gasteiger partial charge in [0.1, 0.15) is 0 Å². The van der Waals surface area contributed by atoms with Crippen LogP contribution in [0.4, 0.5) is 0 Å². The van der Waals surface area contributed by atoms with E-state index in [1.807, 2.05) is 24.3 Å². The number of aliphatic hydroxyl groups is 1. The van der Waals surface area contributed by atoms with Crippen LogP contribution in [-0.2, 0) is 0 Å². The summed E-state index contributed by atoms with van der Waals surface area (Å²) >= 11 is 3.92. The van der Waals surface area contributed by atoms with E-state index in [2.05, 4.69) is 34.7 Å². The standard InChI is InChI=1S/C10H11IOS/c11-9(8-12)6-7-13-10-4-2-1-3-5-10/h1-6,12H,7-8H2/b9-6-. The van der Waals surface area contributed by atoms with Gasteiger partial charge in [0.05, 0.1) is 6.61 Å². The molecule has 0 amide bonds. The van der Waals surface area contributed by atoms with Gasteiger partial charge in [-0.05, 0) is 34.7 Å². The SMILES string of the molecule is OC/C(I)=C/CSc1ccccc1. The molecule has 70 valence electrons. The molecule has 1 N–H and O–H groups in total. The lowest BCUT2D eigenvalue weighted by Gasteiger charge is -1.97. The maximum absolute atomic E-state index is 8.75. The molecule has 0 unspecified atom stereocenters. The minimum atomic E-state index is 0.149. The van der Waals surface area contributed by atoms with Crippen molar-refractivity contribution >= 4 is 34.4 Å². The second-order valence-electron chi connectivity index (χ2n) is 2.43. The van der Waals surface area contributed by atoms with Crippen LogP contribution >= 0.6 is 34.4 Å². The summed E-state index contributed by atoms with van der Waals surface area (Å²) in [5, 5.41) is 8.75. The van der Waals surface area contributed by atoms with E-state index in [4.69, 9.17) is 5.11 Å². The number of rotatable bonds is 4. The lowest BCUT2D eigenvalue weighted by molar-refractivity contribution is 0.341. The zero-order valence-electron chi connectivity index (χ0n) is 7.11. The van der Waals surface area contributed by atoms with Crippen molar-refractivity contribution in [1.82, 2.24) is 0 Å². The van der Waals surface area contributed by atoms with Gasteiger partial charge in [-0.25, -0.2) is 0 Å². The van der Waals surface area contributed by atoms with Gasteiger partial charge in [0.25, 0.3) is 0 Å². The molecule has 0 radical (unpaired) electrons. The van der Waals surface area contributed by atoms with E-state index in [0.717, 1.165) is 9.33 Å². The predicted octanol–water partition coefficient (Wildman–Crippen LogP) is 3.09. The van der Waals surface area contributed by atoms with Crippen molar-refractivity contribution in [2.75, 3.05) is 12.4 Å². The van der Waals surface area contributed by atoms with E-state index >= 15 is 0 Å². The summed E-state index contributed by atoms with van der Waals surface area (Å²) in [7, 11) is 0. The Kier molecular flexibility index (Phi) is 5.50. The van der Waals surface area contributed by atoms with Gasteiger partial charge >= 0.3 is 0 Å². The van der Waals surface area contributed by atoms with Crippen molar-refractivity contribution in [3.63, 3.8) is 0 Å². The van der Waals surface area contributed by atoms with Gasteiger partial charge in [-0.3, -0.25) is 0 Å². The van der Waals surface area contributed by atoms with Crippen molar-refractivity contribution in [2.45, 2.75) is 4.90 Å². The third-order valence-corrected chi connectivity index (χ3v) is 3.17. The Labute approximate surface area is 96.4 Å². The summed E-state index contributed by atoms with van der Waals surface area (Å²) < 4.78 is 1.00. The number of halogens is 1. The predicted molar refractivity (Wildman–Crippen MR) is 66.4 cm³/mol. The van der Waals surface area contributed by atoms with E-state index in [1.165, 1.54) is 4.90 Å². The topological polar surface area (TPSA) is 20.2 Å². The summed E-state index contributed by atoms with van der Waals surface area (Å²) in [6.07, 6.45) is 2.04. The van der Waals surface area contributed by atoms with Crippen LogP contribution in [-0.4, -0.2) is 17.5 Å². The molecular weight excluding hydrogens is 295 g/mol. The van der Waals surface area contributed by atoms with Gasteiger partial charge in [-0.15, -0.1) is 11.8 Å². The molecule has 0 aliphatic carbocycles. The molecule has 0 spiro atoms. The van der Waals surface area contributed by atoms with Gasteiger partial charge in [-0.2, -0.15) is 0 Å². The Bertz CT molecular complexity index is 272. The van der Waals surface area contributed by atoms with Crippen molar-refractivity contribution in [2.24, 2.45) is 0 Å². The van der Waals surface area contributed by atoms with Crippen LogP contribution in [0.5, 0.6) is 0 Å². The Hall–Kier alpha value is -0.000000000000000111. The summed E-state index contributed by atoms with van der Waals surface area (Å²) in [4.78, 5) is 1.26. The molecule has 0 atom stereocenters. The van der Waals surface area contributed by atoms with Crippen LogP contribution < -0.4 is 0 Å². The molecule has 0 aliphatic heterocycles. The van der Waals surface area contributed by atoms with Crippen molar-refractivity contribution in [3.05, 3.63) is 40.0 Å². The molecule has 0 bridgehead atoms. The molecule has 0 aliphatic rings. The third kappa shape index (κ3) is 4.69. The first kappa shape index (κ1) is 11.1. The molecule has 0 saturated carbocycles. The highest BCUT2D eigenvalue weighted by Gasteiger charge is 1.90. The average Bonchev–Trinajstić information content (AvgIpc) is 2.19. The van der Waals surface area contributed by atoms with E-state index in [0.29, 0.717) is 0 Å². The molecule has 0 saturated heterocycles. The molecule has 1 aromatic carbocycles. The lowest BCUT2D eigenvalue weighted by Crippen LogP contribution is -1.81. The minimum absolute atomic E-state index is 0.149. The van der Waals surface area contributed by atoms with Crippen molar-refractivity contribution < 1.29 is 5.11 Å². The van der Waals surface area contributed by atoms with Crippen molar-refractivity contribution in [3.8, 4) is 0 Å². The van der Waals surface area contributed by atoms with E-state index in [1.54, 1.807) is 11.8 Å². The molecule has 13 heavy (non-hydrogen) atoms. The molecule has 1 rings (SSSR count). The first-order chi connectivity index (χ1) is 6.33. The number of aliphatic hydroxyl groups excluding tert-OH is 1. The van der Waals surface area contributed by atoms with E-state index in [9.17, 15) is 0 Å². The molecule has 1 nitrogen and oxygen atoms in total. The first-order valence-electron chi connectivity index (χ1n) is 3.96. The molecule has 0 aromatic heterocycles. The van der Waals surface area contributed by atoms with Gasteiger partial charge in [0, 0.05) is 14.2 Å². The van der Waals surface area contributed by atoms with Crippen LogP contribution in [0.3, 0.4) is 0 Å². The van der Waals surface area contributed by atoms with Crippen LogP contribution in [0.25, 0.3) is 0 Å². The average molecular weight is 306 g/mol. The number of benzene rings is 1. The second-order valence-corrected chi connectivity index (χ2v) is 4.91. The molecule has 1 aromatic rings. The highest BCUT2D eigenvalue weighted by molar-refractivity contribution is 14.1. The van der Waals surface area contributed by atoms with Gasteiger partial charge in [-0.1, -0.05) is 24.3 Å². The lowest BCUT2D eigenvalue weighted by atomic mass is 10.4. The maximum Gasteiger partial charge on any atom is 0.0735 e. The second kappa shape index (κ2) is 6.45. The van der Waals surface area contributed by atoms with Gasteiger partial charge in [0.15, 0.2) is 0 Å². The van der Waals surface area contributed by atoms with Crippen molar-refractivity contribution in [1.29, 1.82) is 0 Å². The number of hydrogen-bond donors (Lipinski definition) is 1. The molecule has 3 heteroatoms. The quantitative estimate of drug-likeness (QED) is 0.681. The van der Waals surface area contributed by atoms with Gasteiger partial charge in [0.2, 0.25) is 0 Å². The Morgan fingerprint density at radius 3 is 2.69 bits per heavy atom. The normalized spacial score (nSPS) is 11.7. The third-order valence-electron chi connectivity index (χ3n) is 1.45. The highest BCUT2D eigenvalue weighted by Crippen LogP contribution is 2.18. The first-order valence-corrected chi connectivity index (χ1v) is 6.02. The Balaban J connectivity index is 2.36. The summed E-state index contributed by atoms with van der Waals surface area (Å²) in [6.45, 7) is 0.149. The number of hydrogen-bond acceptors (Lipinski definition) is 2. The Morgan fingerprint density at radius 1 is 1.38 bits per heavy atom. The van der Waals surface area contributed by atoms with Crippen LogP contribution in [0.1, 0.15) is 0 Å².